The molecular weight excluding hydrogens is 438 g/mol. The van der Waals surface area contributed by atoms with Gasteiger partial charge in [-0.3, -0.25) is 4.79 Å². The monoisotopic (exact) mass is 453 g/mol. The molecule has 0 aliphatic carbocycles. The van der Waals surface area contributed by atoms with Crippen molar-refractivity contribution in [3.05, 3.63) is 82.5 Å². The van der Waals surface area contributed by atoms with E-state index in [1.54, 1.807) is 31.2 Å². The summed E-state index contributed by atoms with van der Waals surface area (Å²) in [5.41, 5.74) is 1.21. The number of furan rings is 1. The maximum absolute atomic E-state index is 12.6. The topological polar surface area (TPSA) is 90.4 Å². The van der Waals surface area contributed by atoms with Crippen molar-refractivity contribution in [2.24, 2.45) is 0 Å². The quantitative estimate of drug-likeness (QED) is 0.429. The number of aromatic nitrogens is 2. The Balaban J connectivity index is 1.44. The van der Waals surface area contributed by atoms with E-state index < -0.39 is 0 Å². The number of aryl methyl sites for hydroxylation is 1. The standard InChI is InChI=1S/C21H16BrN3O4/c1-13-23-20(25-29-13)17-4-2-3-5-18(17)24-21(26)19-11-10-16(28-19)12-27-15-8-6-14(22)7-9-15/h2-11H,12H2,1H3,(H,24,26). The molecule has 4 rings (SSSR count). The summed E-state index contributed by atoms with van der Waals surface area (Å²) in [6.07, 6.45) is 0. The van der Waals surface area contributed by atoms with E-state index >= 15 is 0 Å². The molecule has 0 spiro atoms. The van der Waals surface area contributed by atoms with Gasteiger partial charge in [0.15, 0.2) is 5.76 Å². The second-order valence-electron chi connectivity index (χ2n) is 6.15. The molecule has 2 aromatic heterocycles. The molecule has 1 N–H and O–H groups in total. The van der Waals surface area contributed by atoms with Crippen LogP contribution in [-0.4, -0.2) is 16.0 Å². The van der Waals surface area contributed by atoms with Crippen LogP contribution >= 0.6 is 15.9 Å². The highest BCUT2D eigenvalue weighted by Crippen LogP contribution is 2.26. The van der Waals surface area contributed by atoms with Crippen molar-refractivity contribution in [1.29, 1.82) is 0 Å². The first-order valence-corrected chi connectivity index (χ1v) is 9.56. The number of nitrogens with zero attached hydrogens (tertiary/aromatic N) is 2. The van der Waals surface area contributed by atoms with Crippen LogP contribution in [0.1, 0.15) is 22.2 Å². The minimum atomic E-state index is -0.382. The van der Waals surface area contributed by atoms with Crippen molar-refractivity contribution < 1.29 is 18.5 Å². The molecule has 2 aromatic carbocycles. The zero-order valence-corrected chi connectivity index (χ0v) is 17.0. The van der Waals surface area contributed by atoms with Crippen molar-refractivity contribution in [3.8, 4) is 17.1 Å². The Labute approximate surface area is 174 Å². The number of nitrogens with one attached hydrogen (secondary N) is 1. The number of benzene rings is 2. The van der Waals surface area contributed by atoms with Gasteiger partial charge in [0.1, 0.15) is 18.1 Å². The smallest absolute Gasteiger partial charge is 0.291 e. The normalized spacial score (nSPS) is 10.7. The van der Waals surface area contributed by atoms with Crippen LogP contribution in [0, 0.1) is 6.92 Å². The molecule has 0 fully saturated rings. The minimum absolute atomic E-state index is 0.179. The van der Waals surface area contributed by atoms with E-state index in [9.17, 15) is 4.79 Å². The second kappa shape index (κ2) is 8.32. The molecule has 0 radical (unpaired) electrons. The molecule has 146 valence electrons. The van der Waals surface area contributed by atoms with E-state index in [1.165, 1.54) is 0 Å². The van der Waals surface area contributed by atoms with E-state index in [1.807, 2.05) is 36.4 Å². The number of rotatable bonds is 6. The van der Waals surface area contributed by atoms with Crippen molar-refractivity contribution in [2.75, 3.05) is 5.32 Å². The summed E-state index contributed by atoms with van der Waals surface area (Å²) in [5, 5.41) is 6.74. The largest absolute Gasteiger partial charge is 0.486 e. The maximum atomic E-state index is 12.6. The Hall–Kier alpha value is -3.39. The molecule has 0 aliphatic heterocycles. The Bertz CT molecular complexity index is 1130. The summed E-state index contributed by atoms with van der Waals surface area (Å²) >= 11 is 3.38. The highest BCUT2D eigenvalue weighted by Gasteiger charge is 2.16. The van der Waals surface area contributed by atoms with Crippen molar-refractivity contribution in [2.45, 2.75) is 13.5 Å². The zero-order chi connectivity index (χ0) is 20.2. The molecule has 7 nitrogen and oxygen atoms in total. The van der Waals surface area contributed by atoms with Crippen LogP contribution in [-0.2, 0) is 6.61 Å². The summed E-state index contributed by atoms with van der Waals surface area (Å²) in [6.45, 7) is 1.92. The molecule has 4 aromatic rings. The number of ether oxygens (including phenoxy) is 1. The predicted octanol–water partition coefficient (Wildman–Crippen LogP) is 5.23. The molecular formula is C21H16BrN3O4. The lowest BCUT2D eigenvalue weighted by Crippen LogP contribution is -2.11. The predicted molar refractivity (Wildman–Crippen MR) is 110 cm³/mol. The molecule has 0 unspecified atom stereocenters. The van der Waals surface area contributed by atoms with Gasteiger partial charge in [-0.2, -0.15) is 4.98 Å². The number of amides is 1. The third-order valence-corrected chi connectivity index (χ3v) is 4.55. The van der Waals surface area contributed by atoms with Gasteiger partial charge in [0.05, 0.1) is 5.69 Å². The van der Waals surface area contributed by atoms with Gasteiger partial charge in [0, 0.05) is 17.0 Å². The molecule has 0 aliphatic rings. The fourth-order valence-electron chi connectivity index (χ4n) is 2.64. The SMILES string of the molecule is Cc1nc(-c2ccccc2NC(=O)c2ccc(COc3ccc(Br)cc3)o2)no1. The van der Waals surface area contributed by atoms with E-state index in [2.05, 4.69) is 31.4 Å². The number of carbonyl (C=O) groups excluding carboxylic acids is 1. The number of hydrogen-bond acceptors (Lipinski definition) is 6. The third-order valence-electron chi connectivity index (χ3n) is 4.02. The van der Waals surface area contributed by atoms with Gasteiger partial charge in [-0.05, 0) is 48.5 Å². The summed E-state index contributed by atoms with van der Waals surface area (Å²) in [7, 11) is 0. The van der Waals surface area contributed by atoms with Crippen LogP contribution in [0.2, 0.25) is 0 Å². The fourth-order valence-corrected chi connectivity index (χ4v) is 2.91. The lowest BCUT2D eigenvalue weighted by atomic mass is 10.1. The van der Waals surface area contributed by atoms with E-state index in [0.717, 1.165) is 4.47 Å². The average Bonchev–Trinajstić information content (AvgIpc) is 3.37. The molecule has 0 saturated carbocycles. The van der Waals surface area contributed by atoms with Crippen molar-refractivity contribution >= 4 is 27.5 Å². The van der Waals surface area contributed by atoms with Gasteiger partial charge in [-0.1, -0.05) is 33.2 Å². The lowest BCUT2D eigenvalue weighted by Gasteiger charge is -2.07. The van der Waals surface area contributed by atoms with Gasteiger partial charge < -0.3 is 19.0 Å². The summed E-state index contributed by atoms with van der Waals surface area (Å²) in [5.74, 6) is 1.90. The number of halogens is 1. The van der Waals surface area contributed by atoms with Gasteiger partial charge in [0.25, 0.3) is 5.91 Å². The van der Waals surface area contributed by atoms with E-state index in [-0.39, 0.29) is 18.3 Å². The van der Waals surface area contributed by atoms with E-state index in [0.29, 0.717) is 34.5 Å². The molecule has 0 atom stereocenters. The van der Waals surface area contributed by atoms with Crippen LogP contribution in [0.4, 0.5) is 5.69 Å². The van der Waals surface area contributed by atoms with Gasteiger partial charge in [-0.25, -0.2) is 0 Å². The third kappa shape index (κ3) is 4.55. The first-order valence-electron chi connectivity index (χ1n) is 8.76. The number of anilines is 1. The van der Waals surface area contributed by atoms with Crippen LogP contribution < -0.4 is 10.1 Å². The van der Waals surface area contributed by atoms with Gasteiger partial charge >= 0.3 is 0 Å². The highest BCUT2D eigenvalue weighted by atomic mass is 79.9. The Kier molecular flexibility index (Phi) is 5.44. The highest BCUT2D eigenvalue weighted by molar-refractivity contribution is 9.10. The number of para-hydroxylation sites is 1. The van der Waals surface area contributed by atoms with Crippen LogP contribution in [0.5, 0.6) is 5.75 Å². The minimum Gasteiger partial charge on any atom is -0.486 e. The van der Waals surface area contributed by atoms with Crippen LogP contribution in [0.15, 0.2) is 74.1 Å². The fraction of sp³-hybridized carbons (Fsp3) is 0.0952. The van der Waals surface area contributed by atoms with Crippen molar-refractivity contribution in [3.63, 3.8) is 0 Å². The zero-order valence-electron chi connectivity index (χ0n) is 15.4. The van der Waals surface area contributed by atoms with Crippen LogP contribution in [0.25, 0.3) is 11.4 Å². The van der Waals surface area contributed by atoms with Crippen LogP contribution in [0.3, 0.4) is 0 Å². The lowest BCUT2D eigenvalue weighted by molar-refractivity contribution is 0.0992. The van der Waals surface area contributed by atoms with Crippen molar-refractivity contribution in [1.82, 2.24) is 10.1 Å². The second-order valence-corrected chi connectivity index (χ2v) is 7.06. The molecule has 29 heavy (non-hydrogen) atoms. The Morgan fingerprint density at radius 2 is 1.90 bits per heavy atom. The number of hydrogen-bond donors (Lipinski definition) is 1. The molecule has 0 saturated heterocycles. The average molecular weight is 454 g/mol. The Morgan fingerprint density at radius 3 is 2.66 bits per heavy atom. The van der Waals surface area contributed by atoms with Gasteiger partial charge in [-0.15, -0.1) is 0 Å². The molecule has 1 amide bonds. The van der Waals surface area contributed by atoms with E-state index in [4.69, 9.17) is 13.7 Å². The first-order chi connectivity index (χ1) is 14.1. The summed E-state index contributed by atoms with van der Waals surface area (Å²) < 4.78 is 17.3. The number of carbonyl (C=O) groups is 1. The molecule has 2 heterocycles. The Morgan fingerprint density at radius 1 is 1.10 bits per heavy atom. The maximum Gasteiger partial charge on any atom is 0.291 e. The summed E-state index contributed by atoms with van der Waals surface area (Å²) in [6, 6.07) is 18.0. The summed E-state index contributed by atoms with van der Waals surface area (Å²) in [4.78, 5) is 16.8. The molecule has 0 bridgehead atoms. The molecule has 8 heteroatoms. The van der Waals surface area contributed by atoms with Gasteiger partial charge in [0.2, 0.25) is 11.7 Å². The first kappa shape index (κ1) is 18.9.